The van der Waals surface area contributed by atoms with Gasteiger partial charge in [0.1, 0.15) is 0 Å². The van der Waals surface area contributed by atoms with Gasteiger partial charge in [-0.25, -0.2) is 0 Å². The first kappa shape index (κ1) is 13.5. The molecule has 0 spiro atoms. The van der Waals surface area contributed by atoms with Gasteiger partial charge < -0.3 is 5.32 Å². The molecule has 1 nitrogen and oxygen atoms in total. The van der Waals surface area contributed by atoms with Gasteiger partial charge in [-0.1, -0.05) is 23.2 Å². The van der Waals surface area contributed by atoms with Gasteiger partial charge in [0.15, 0.2) is 0 Å². The van der Waals surface area contributed by atoms with E-state index in [9.17, 15) is 0 Å². The summed E-state index contributed by atoms with van der Waals surface area (Å²) in [4.78, 5) is 0. The summed E-state index contributed by atoms with van der Waals surface area (Å²) < 4.78 is 0. The maximum Gasteiger partial charge on any atom is 0.0451 e. The zero-order chi connectivity index (χ0) is 12.3. The van der Waals surface area contributed by atoms with Crippen molar-refractivity contribution in [1.82, 2.24) is 5.32 Å². The van der Waals surface area contributed by atoms with E-state index in [4.69, 9.17) is 34.8 Å². The van der Waals surface area contributed by atoms with E-state index in [1.807, 2.05) is 18.2 Å². The van der Waals surface area contributed by atoms with Crippen LogP contribution < -0.4 is 5.32 Å². The second kappa shape index (κ2) is 6.29. The predicted molar refractivity (Wildman–Crippen MR) is 75.2 cm³/mol. The molecule has 1 aliphatic carbocycles. The Morgan fingerprint density at radius 2 is 2.06 bits per heavy atom. The van der Waals surface area contributed by atoms with Gasteiger partial charge >= 0.3 is 0 Å². The summed E-state index contributed by atoms with van der Waals surface area (Å²) in [5.41, 5.74) is 1.06. The summed E-state index contributed by atoms with van der Waals surface area (Å²) >= 11 is 18.1. The first-order valence-corrected chi connectivity index (χ1v) is 7.13. The second-order valence-electron chi connectivity index (χ2n) is 4.64. The summed E-state index contributed by atoms with van der Waals surface area (Å²) in [6.45, 7) is 1.77. The molecule has 0 heterocycles. The van der Waals surface area contributed by atoms with Crippen molar-refractivity contribution in [2.75, 3.05) is 6.54 Å². The van der Waals surface area contributed by atoms with Crippen LogP contribution in [0.2, 0.25) is 10.0 Å². The summed E-state index contributed by atoms with van der Waals surface area (Å²) in [5, 5.41) is 5.30. The van der Waals surface area contributed by atoms with Crippen LogP contribution in [0.1, 0.15) is 24.8 Å². The molecule has 0 aliphatic heterocycles. The molecular weight excluding hydrogens is 277 g/mol. The van der Waals surface area contributed by atoms with Crippen LogP contribution in [-0.4, -0.2) is 11.9 Å². The zero-order valence-corrected chi connectivity index (χ0v) is 11.8. The minimum Gasteiger partial charge on any atom is -0.312 e. The molecule has 1 fully saturated rings. The Hall–Kier alpha value is 0.0500. The molecule has 2 rings (SSSR count). The molecule has 94 valence electrons. The van der Waals surface area contributed by atoms with Gasteiger partial charge in [0.25, 0.3) is 0 Å². The Kier molecular flexibility index (Phi) is 4.98. The fourth-order valence-electron chi connectivity index (χ4n) is 2.29. The van der Waals surface area contributed by atoms with Crippen LogP contribution in [0, 0.1) is 5.92 Å². The highest BCUT2D eigenvalue weighted by Crippen LogP contribution is 2.29. The van der Waals surface area contributed by atoms with Crippen LogP contribution in [-0.2, 0) is 6.54 Å². The van der Waals surface area contributed by atoms with Crippen molar-refractivity contribution in [3.63, 3.8) is 0 Å². The quantitative estimate of drug-likeness (QED) is 0.806. The molecule has 0 bridgehead atoms. The number of rotatable bonds is 4. The van der Waals surface area contributed by atoms with Crippen molar-refractivity contribution in [2.45, 2.75) is 31.2 Å². The highest BCUT2D eigenvalue weighted by atomic mass is 35.5. The predicted octanol–water partition coefficient (Wildman–Crippen LogP) is 4.49. The summed E-state index contributed by atoms with van der Waals surface area (Å²) in [7, 11) is 0. The Balaban J connectivity index is 1.80. The standard InChI is InChI=1S/C13H16Cl3N/c14-11-2-1-9(5-11)7-17-8-10-6-12(15)3-4-13(10)16/h3-4,6,9,11,17H,1-2,5,7-8H2. The summed E-state index contributed by atoms with van der Waals surface area (Å²) in [6.07, 6.45) is 3.49. The molecule has 0 aromatic heterocycles. The third kappa shape index (κ3) is 4.03. The fraction of sp³-hybridized carbons (Fsp3) is 0.538. The molecule has 1 aromatic rings. The summed E-state index contributed by atoms with van der Waals surface area (Å²) in [6, 6.07) is 5.56. The second-order valence-corrected chi connectivity index (χ2v) is 6.10. The average molecular weight is 293 g/mol. The van der Waals surface area contributed by atoms with Gasteiger partial charge in [-0.15, -0.1) is 11.6 Å². The third-order valence-electron chi connectivity index (χ3n) is 3.23. The van der Waals surface area contributed by atoms with Crippen molar-refractivity contribution in [3.05, 3.63) is 33.8 Å². The fourth-order valence-corrected chi connectivity index (χ4v) is 3.05. The SMILES string of the molecule is Clc1ccc(Cl)c(CNCC2CCC(Cl)C2)c1. The van der Waals surface area contributed by atoms with Crippen LogP contribution >= 0.6 is 34.8 Å². The van der Waals surface area contributed by atoms with Crippen LogP contribution in [0.25, 0.3) is 0 Å². The smallest absolute Gasteiger partial charge is 0.0451 e. The molecule has 2 unspecified atom stereocenters. The number of alkyl halides is 1. The largest absolute Gasteiger partial charge is 0.312 e. The molecule has 4 heteroatoms. The van der Waals surface area contributed by atoms with Crippen LogP contribution in [0.4, 0.5) is 0 Å². The van der Waals surface area contributed by atoms with Crippen molar-refractivity contribution < 1.29 is 0 Å². The Labute approximate surface area is 117 Å². The van der Waals surface area contributed by atoms with Crippen molar-refractivity contribution in [2.24, 2.45) is 5.92 Å². The summed E-state index contributed by atoms with van der Waals surface area (Å²) in [5.74, 6) is 0.704. The van der Waals surface area contributed by atoms with Crippen molar-refractivity contribution in [3.8, 4) is 0 Å². The number of hydrogen-bond donors (Lipinski definition) is 1. The average Bonchev–Trinajstić information content (AvgIpc) is 2.69. The lowest BCUT2D eigenvalue weighted by Crippen LogP contribution is -2.21. The van der Waals surface area contributed by atoms with E-state index < -0.39 is 0 Å². The van der Waals surface area contributed by atoms with E-state index in [2.05, 4.69) is 5.32 Å². The molecule has 1 N–H and O–H groups in total. The Morgan fingerprint density at radius 3 is 2.76 bits per heavy atom. The number of hydrogen-bond acceptors (Lipinski definition) is 1. The highest BCUT2D eigenvalue weighted by Gasteiger charge is 2.22. The number of halogens is 3. The lowest BCUT2D eigenvalue weighted by atomic mass is 10.1. The molecule has 0 radical (unpaired) electrons. The van der Waals surface area contributed by atoms with E-state index in [0.717, 1.165) is 41.5 Å². The van der Waals surface area contributed by atoms with E-state index in [0.29, 0.717) is 11.3 Å². The van der Waals surface area contributed by atoms with E-state index >= 15 is 0 Å². The number of nitrogens with one attached hydrogen (secondary N) is 1. The highest BCUT2D eigenvalue weighted by molar-refractivity contribution is 6.33. The monoisotopic (exact) mass is 291 g/mol. The minimum atomic E-state index is 0.372. The van der Waals surface area contributed by atoms with E-state index in [1.54, 1.807) is 0 Å². The maximum absolute atomic E-state index is 6.10. The molecule has 0 amide bonds. The van der Waals surface area contributed by atoms with Crippen molar-refractivity contribution in [1.29, 1.82) is 0 Å². The number of benzene rings is 1. The minimum absolute atomic E-state index is 0.372. The molecule has 1 aromatic carbocycles. The molecule has 1 aliphatic rings. The van der Waals surface area contributed by atoms with Gasteiger partial charge in [0.05, 0.1) is 0 Å². The lowest BCUT2D eigenvalue weighted by Gasteiger charge is -2.11. The molecule has 17 heavy (non-hydrogen) atoms. The molecule has 2 atom stereocenters. The van der Waals surface area contributed by atoms with Gasteiger partial charge in [-0.05, 0) is 55.5 Å². The van der Waals surface area contributed by atoms with Gasteiger partial charge in [-0.2, -0.15) is 0 Å². The topological polar surface area (TPSA) is 12.0 Å². The van der Waals surface area contributed by atoms with Crippen LogP contribution in [0.5, 0.6) is 0 Å². The van der Waals surface area contributed by atoms with Crippen molar-refractivity contribution >= 4 is 34.8 Å². The van der Waals surface area contributed by atoms with E-state index in [1.165, 1.54) is 6.42 Å². The molecule has 1 saturated carbocycles. The van der Waals surface area contributed by atoms with Crippen LogP contribution in [0.3, 0.4) is 0 Å². The first-order valence-electron chi connectivity index (χ1n) is 5.94. The Bertz CT molecular complexity index is 381. The lowest BCUT2D eigenvalue weighted by molar-refractivity contribution is 0.490. The molecule has 0 saturated heterocycles. The van der Waals surface area contributed by atoms with Gasteiger partial charge in [0.2, 0.25) is 0 Å². The molecular formula is C13H16Cl3N. The first-order chi connectivity index (χ1) is 8.15. The zero-order valence-electron chi connectivity index (χ0n) is 9.56. The third-order valence-corrected chi connectivity index (χ3v) is 4.23. The van der Waals surface area contributed by atoms with E-state index in [-0.39, 0.29) is 0 Å². The van der Waals surface area contributed by atoms with Crippen LogP contribution in [0.15, 0.2) is 18.2 Å². The Morgan fingerprint density at radius 1 is 1.24 bits per heavy atom. The normalized spacial score (nSPS) is 24.2. The van der Waals surface area contributed by atoms with Gasteiger partial charge in [-0.3, -0.25) is 0 Å². The van der Waals surface area contributed by atoms with Gasteiger partial charge in [0, 0.05) is 22.0 Å². The maximum atomic E-state index is 6.10.